The molecule has 2 heterocycles. The zero-order valence-electron chi connectivity index (χ0n) is 19.0. The number of carbonyl (C=O) groups excluding carboxylic acids is 1. The fourth-order valence-electron chi connectivity index (χ4n) is 4.07. The first kappa shape index (κ1) is 24.7. The maximum Gasteiger partial charge on any atom is 0.317 e. The Morgan fingerprint density at radius 1 is 1.22 bits per heavy atom. The number of hydrogen-bond acceptors (Lipinski definition) is 6. The number of unbranched alkanes of at least 4 members (excludes halogenated alkanes) is 1. The molecule has 0 saturated carbocycles. The molecule has 1 aromatic heterocycles. The van der Waals surface area contributed by atoms with Gasteiger partial charge in [-0.15, -0.1) is 11.3 Å². The lowest BCUT2D eigenvalue weighted by Gasteiger charge is -2.30. The van der Waals surface area contributed by atoms with Gasteiger partial charge >= 0.3 is 6.03 Å². The van der Waals surface area contributed by atoms with Crippen LogP contribution in [0.4, 0.5) is 4.79 Å². The van der Waals surface area contributed by atoms with Crippen LogP contribution in [0.3, 0.4) is 0 Å². The van der Waals surface area contributed by atoms with Crippen LogP contribution in [0, 0.1) is 0 Å². The third kappa shape index (κ3) is 6.52. The van der Waals surface area contributed by atoms with Gasteiger partial charge in [0.05, 0.1) is 4.90 Å². The molecule has 0 radical (unpaired) electrons. The maximum absolute atomic E-state index is 12.6. The number of benzene rings is 1. The van der Waals surface area contributed by atoms with Gasteiger partial charge in [0.15, 0.2) is 0 Å². The molecule has 1 fully saturated rings. The largest absolute Gasteiger partial charge is 0.338 e. The van der Waals surface area contributed by atoms with Crippen LogP contribution in [0.2, 0.25) is 0 Å². The highest BCUT2D eigenvalue weighted by molar-refractivity contribution is 7.93. The van der Waals surface area contributed by atoms with Crippen molar-refractivity contribution in [1.29, 1.82) is 0 Å². The average molecular weight is 479 g/mol. The maximum atomic E-state index is 12.6. The molecule has 1 saturated heterocycles. The first-order chi connectivity index (χ1) is 15.4. The lowest BCUT2D eigenvalue weighted by molar-refractivity contribution is 0.178. The number of sulfone groups is 1. The molecule has 1 N–H and O–H groups in total. The van der Waals surface area contributed by atoms with Gasteiger partial charge in [-0.25, -0.2) is 18.2 Å². The number of carbonyl (C=O) groups is 1. The first-order valence-electron chi connectivity index (χ1n) is 11.4. The number of aromatic nitrogens is 1. The summed E-state index contributed by atoms with van der Waals surface area (Å²) in [6.45, 7) is 8.91. The Morgan fingerprint density at radius 2 is 2.00 bits per heavy atom. The van der Waals surface area contributed by atoms with Crippen LogP contribution in [0.25, 0.3) is 0 Å². The van der Waals surface area contributed by atoms with Crippen molar-refractivity contribution in [3.8, 4) is 0 Å². The van der Waals surface area contributed by atoms with Crippen molar-refractivity contribution in [2.75, 3.05) is 32.7 Å². The lowest BCUT2D eigenvalue weighted by atomic mass is 10.1. The van der Waals surface area contributed by atoms with E-state index in [0.717, 1.165) is 81.7 Å². The molecule has 1 aliphatic heterocycles. The summed E-state index contributed by atoms with van der Waals surface area (Å²) >= 11 is 1.14. The van der Waals surface area contributed by atoms with Crippen molar-refractivity contribution < 1.29 is 13.2 Å². The van der Waals surface area contributed by atoms with E-state index in [2.05, 4.69) is 29.0 Å². The van der Waals surface area contributed by atoms with Crippen LogP contribution < -0.4 is 5.32 Å². The minimum Gasteiger partial charge on any atom is -0.338 e. The third-order valence-corrected chi connectivity index (χ3v) is 8.80. The molecule has 0 aliphatic carbocycles. The van der Waals surface area contributed by atoms with E-state index < -0.39 is 9.84 Å². The van der Waals surface area contributed by atoms with Crippen LogP contribution in [0.15, 0.2) is 45.1 Å². The van der Waals surface area contributed by atoms with Gasteiger partial charge < -0.3 is 15.1 Å². The van der Waals surface area contributed by atoms with E-state index in [4.69, 9.17) is 0 Å². The Bertz CT molecular complexity index is 946. The summed E-state index contributed by atoms with van der Waals surface area (Å²) in [5, 5.41) is 4.58. The second kappa shape index (κ2) is 11.8. The summed E-state index contributed by atoms with van der Waals surface area (Å²) < 4.78 is 25.4. The Labute approximate surface area is 195 Å². The van der Waals surface area contributed by atoms with Crippen molar-refractivity contribution in [3.63, 3.8) is 0 Å². The van der Waals surface area contributed by atoms with Gasteiger partial charge in [0.2, 0.25) is 14.2 Å². The summed E-state index contributed by atoms with van der Waals surface area (Å²) in [6, 6.07) is 7.62. The molecular formula is C23H34N4O3S2. The molecule has 2 aromatic rings. The van der Waals surface area contributed by atoms with E-state index in [1.807, 2.05) is 17.0 Å². The number of amides is 2. The highest BCUT2D eigenvalue weighted by Gasteiger charge is 2.21. The molecule has 176 valence electrons. The third-order valence-electron chi connectivity index (χ3n) is 5.83. The molecule has 32 heavy (non-hydrogen) atoms. The van der Waals surface area contributed by atoms with Gasteiger partial charge in [-0.2, -0.15) is 0 Å². The number of nitrogens with zero attached hydrogens (tertiary/aromatic N) is 3. The summed E-state index contributed by atoms with van der Waals surface area (Å²) in [7, 11) is -3.53. The lowest BCUT2D eigenvalue weighted by Crippen LogP contribution is -2.46. The summed E-state index contributed by atoms with van der Waals surface area (Å²) in [4.78, 5) is 20.5. The average Bonchev–Trinajstić information content (AvgIpc) is 3.33. The molecule has 1 aliphatic rings. The summed E-state index contributed by atoms with van der Waals surface area (Å²) in [5.41, 5.74) is 1.13. The highest BCUT2D eigenvalue weighted by Crippen LogP contribution is 2.23. The summed E-state index contributed by atoms with van der Waals surface area (Å²) in [5.74, 6) is 0. The molecule has 3 rings (SSSR count). The Hall–Kier alpha value is -1.97. The van der Waals surface area contributed by atoms with Crippen molar-refractivity contribution >= 4 is 27.2 Å². The number of thiazole rings is 1. The van der Waals surface area contributed by atoms with E-state index in [1.165, 1.54) is 6.20 Å². The van der Waals surface area contributed by atoms with Gasteiger partial charge in [-0.05, 0) is 69.8 Å². The first-order valence-corrected chi connectivity index (χ1v) is 13.8. The highest BCUT2D eigenvalue weighted by atomic mass is 32.2. The number of urea groups is 1. The molecular weight excluding hydrogens is 444 g/mol. The van der Waals surface area contributed by atoms with Crippen molar-refractivity contribution in [3.05, 3.63) is 41.4 Å². The van der Waals surface area contributed by atoms with Gasteiger partial charge in [-0.3, -0.25) is 0 Å². The normalized spacial score (nSPS) is 15.7. The van der Waals surface area contributed by atoms with E-state index in [1.54, 1.807) is 17.5 Å². The van der Waals surface area contributed by atoms with Gasteiger partial charge in [0.25, 0.3) is 0 Å². The molecule has 0 spiro atoms. The van der Waals surface area contributed by atoms with E-state index in [9.17, 15) is 13.2 Å². The minimum atomic E-state index is -3.53. The Morgan fingerprint density at radius 3 is 2.66 bits per heavy atom. The zero-order chi connectivity index (χ0) is 23.0. The van der Waals surface area contributed by atoms with Crippen LogP contribution >= 0.6 is 11.3 Å². The Balaban J connectivity index is 1.51. The van der Waals surface area contributed by atoms with Crippen molar-refractivity contribution in [1.82, 2.24) is 20.1 Å². The van der Waals surface area contributed by atoms with Crippen LogP contribution in [0.5, 0.6) is 0 Å². The molecule has 7 nitrogen and oxygen atoms in total. The smallest absolute Gasteiger partial charge is 0.317 e. The van der Waals surface area contributed by atoms with Gasteiger partial charge in [0, 0.05) is 37.3 Å². The molecule has 1 unspecified atom stereocenters. The molecule has 9 heteroatoms. The topological polar surface area (TPSA) is 82.6 Å². The van der Waals surface area contributed by atoms with Crippen LogP contribution in [-0.2, 0) is 16.3 Å². The minimum absolute atomic E-state index is 0.0651. The number of rotatable bonds is 12. The van der Waals surface area contributed by atoms with Crippen molar-refractivity contribution in [2.24, 2.45) is 0 Å². The van der Waals surface area contributed by atoms with Crippen molar-refractivity contribution in [2.45, 2.75) is 61.2 Å². The molecule has 1 atom stereocenters. The molecule has 2 amide bonds. The molecule has 0 bridgehead atoms. The van der Waals surface area contributed by atoms with E-state index in [0.29, 0.717) is 6.04 Å². The fourth-order valence-corrected chi connectivity index (χ4v) is 6.29. The monoisotopic (exact) mass is 478 g/mol. The standard InChI is InChI=1S/C23H34N4O3S2/c1-3-13-26(14-4-5-15-27-16-6-11-24-22(27)28)19(2)18-20-7-9-21(10-8-20)32(29,30)23-25-12-17-31-23/h7-10,12,17,19H,3-6,11,13-16,18H2,1-2H3,(H,24,28). The van der Waals surface area contributed by atoms with E-state index >= 15 is 0 Å². The van der Waals surface area contributed by atoms with Crippen LogP contribution in [-0.4, -0.2) is 68.0 Å². The number of nitrogens with one attached hydrogen (secondary N) is 1. The zero-order valence-corrected chi connectivity index (χ0v) is 20.6. The SMILES string of the molecule is CCCN(CCCCN1CCCNC1=O)C(C)Cc1ccc(S(=O)(=O)c2nccs2)cc1. The fraction of sp³-hybridized carbons (Fsp3) is 0.565. The quantitative estimate of drug-likeness (QED) is 0.469. The second-order valence-corrected chi connectivity index (χ2v) is 11.3. The van der Waals surface area contributed by atoms with E-state index in [-0.39, 0.29) is 15.3 Å². The number of hydrogen-bond donors (Lipinski definition) is 1. The van der Waals surface area contributed by atoms with Gasteiger partial charge in [-0.1, -0.05) is 19.1 Å². The van der Waals surface area contributed by atoms with Crippen LogP contribution in [0.1, 0.15) is 45.1 Å². The predicted octanol–water partition coefficient (Wildman–Crippen LogP) is 3.81. The predicted molar refractivity (Wildman–Crippen MR) is 128 cm³/mol. The van der Waals surface area contributed by atoms with Gasteiger partial charge in [0.1, 0.15) is 0 Å². The molecule has 1 aromatic carbocycles. The Kier molecular flexibility index (Phi) is 9.07. The summed E-state index contributed by atoms with van der Waals surface area (Å²) in [6.07, 6.45) is 6.55. The second-order valence-electron chi connectivity index (χ2n) is 8.31.